The molecule has 0 N–H and O–H groups in total. The van der Waals surface area contributed by atoms with Gasteiger partial charge in [0.05, 0.1) is 5.52 Å². The van der Waals surface area contributed by atoms with E-state index in [4.69, 9.17) is 0 Å². The maximum Gasteiger partial charge on any atom is 0.330 e. The summed E-state index contributed by atoms with van der Waals surface area (Å²) in [7, 11) is 1.62. The Balaban J connectivity index is 2.13. The molecule has 0 saturated carbocycles. The molecule has 6 nitrogen and oxygen atoms in total. The smallest absolute Gasteiger partial charge is 0.287 e. The number of benzene rings is 1. The van der Waals surface area contributed by atoms with Crippen molar-refractivity contribution >= 4 is 22.1 Å². The molecular weight excluding hydrogens is 340 g/mol. The van der Waals surface area contributed by atoms with Gasteiger partial charge < -0.3 is 0 Å². The molecule has 0 aliphatic heterocycles. The second-order valence-corrected chi connectivity index (χ2v) is 6.40. The lowest BCUT2D eigenvalue weighted by molar-refractivity contribution is 0.583. The molecule has 8 heteroatoms. The summed E-state index contributed by atoms with van der Waals surface area (Å²) in [5.41, 5.74) is 1.83. The molecule has 0 bridgehead atoms. The van der Waals surface area contributed by atoms with E-state index >= 15 is 0 Å². The fourth-order valence-corrected chi connectivity index (χ4v) is 3.15. The molecule has 4 rings (SSSR count). The average molecular weight is 355 g/mol. The third kappa shape index (κ3) is 2.29. The van der Waals surface area contributed by atoms with E-state index < -0.39 is 11.8 Å². The molecule has 0 spiro atoms. The minimum atomic E-state index is -0.639. The molecular formula is C18H15F2N5O. The van der Waals surface area contributed by atoms with Crippen molar-refractivity contribution in [3.8, 4) is 11.1 Å². The van der Waals surface area contributed by atoms with Crippen LogP contribution in [-0.4, -0.2) is 24.3 Å². The van der Waals surface area contributed by atoms with Crippen LogP contribution in [0.2, 0.25) is 0 Å². The Morgan fingerprint density at radius 1 is 1.12 bits per heavy atom. The van der Waals surface area contributed by atoms with Crippen LogP contribution in [0.3, 0.4) is 0 Å². The lowest BCUT2D eigenvalue weighted by Crippen LogP contribution is -2.23. The summed E-state index contributed by atoms with van der Waals surface area (Å²) in [5.74, 6) is -1.16. The number of nitrogens with zero attached hydrogens (tertiary/aromatic N) is 5. The van der Waals surface area contributed by atoms with Gasteiger partial charge in [-0.1, -0.05) is 0 Å². The molecule has 0 fully saturated rings. The van der Waals surface area contributed by atoms with Crippen LogP contribution >= 0.6 is 0 Å². The van der Waals surface area contributed by atoms with Gasteiger partial charge in [-0.25, -0.2) is 14.2 Å². The predicted octanol–water partition coefficient (Wildman–Crippen LogP) is 3.20. The summed E-state index contributed by atoms with van der Waals surface area (Å²) < 4.78 is 30.7. The zero-order chi connectivity index (χ0) is 18.6. The van der Waals surface area contributed by atoms with E-state index in [9.17, 15) is 13.6 Å². The fourth-order valence-electron chi connectivity index (χ4n) is 3.15. The molecule has 0 saturated heterocycles. The van der Waals surface area contributed by atoms with Crippen LogP contribution in [0.25, 0.3) is 33.2 Å². The Morgan fingerprint density at radius 2 is 1.88 bits per heavy atom. The van der Waals surface area contributed by atoms with E-state index in [1.807, 2.05) is 13.8 Å². The summed E-state index contributed by atoms with van der Waals surface area (Å²) in [6, 6.07) is 5.39. The van der Waals surface area contributed by atoms with Gasteiger partial charge in [-0.05, 0) is 32.0 Å². The highest BCUT2D eigenvalue weighted by atomic mass is 19.1. The largest absolute Gasteiger partial charge is 0.330 e. The SMILES string of the molecule is CC(C)n1c(=O)n(C)c2nnc3cc(F)c(-c4ccc(F)nc4)cc3c21. The number of rotatable bonds is 2. The van der Waals surface area contributed by atoms with Crippen molar-refractivity contribution in [2.45, 2.75) is 19.9 Å². The zero-order valence-electron chi connectivity index (χ0n) is 14.4. The lowest BCUT2D eigenvalue weighted by atomic mass is 10.0. The summed E-state index contributed by atoms with van der Waals surface area (Å²) in [5, 5.41) is 8.75. The van der Waals surface area contributed by atoms with Gasteiger partial charge in [0.1, 0.15) is 11.3 Å². The highest BCUT2D eigenvalue weighted by molar-refractivity contribution is 6.02. The van der Waals surface area contributed by atoms with Crippen LogP contribution in [-0.2, 0) is 7.05 Å². The van der Waals surface area contributed by atoms with Crippen LogP contribution in [0, 0.1) is 11.8 Å². The van der Waals surface area contributed by atoms with Crippen molar-refractivity contribution in [2.75, 3.05) is 0 Å². The Hall–Kier alpha value is -3.16. The molecule has 0 unspecified atom stereocenters. The van der Waals surface area contributed by atoms with Crippen molar-refractivity contribution in [3.63, 3.8) is 0 Å². The number of imidazole rings is 1. The number of aromatic nitrogens is 5. The van der Waals surface area contributed by atoms with Crippen LogP contribution in [0.5, 0.6) is 0 Å². The maximum absolute atomic E-state index is 14.6. The summed E-state index contributed by atoms with van der Waals surface area (Å²) >= 11 is 0. The summed E-state index contributed by atoms with van der Waals surface area (Å²) in [6.45, 7) is 3.78. The molecule has 0 atom stereocenters. The average Bonchev–Trinajstić information content (AvgIpc) is 2.87. The maximum atomic E-state index is 14.6. The van der Waals surface area contributed by atoms with Crippen molar-refractivity contribution in [3.05, 3.63) is 52.7 Å². The van der Waals surface area contributed by atoms with Crippen molar-refractivity contribution < 1.29 is 8.78 Å². The van der Waals surface area contributed by atoms with Gasteiger partial charge in [0.15, 0.2) is 5.65 Å². The zero-order valence-corrected chi connectivity index (χ0v) is 14.4. The molecule has 0 amide bonds. The Labute approximate surface area is 146 Å². The molecule has 0 aliphatic carbocycles. The van der Waals surface area contributed by atoms with Crippen molar-refractivity contribution in [2.24, 2.45) is 7.05 Å². The van der Waals surface area contributed by atoms with Crippen LogP contribution in [0.4, 0.5) is 8.78 Å². The van der Waals surface area contributed by atoms with Gasteiger partial charge >= 0.3 is 5.69 Å². The fraction of sp³-hybridized carbons (Fsp3) is 0.222. The molecule has 3 aromatic heterocycles. The Morgan fingerprint density at radius 3 is 2.54 bits per heavy atom. The third-order valence-electron chi connectivity index (χ3n) is 4.41. The Kier molecular flexibility index (Phi) is 3.57. The first kappa shape index (κ1) is 16.3. The standard InChI is InChI=1S/C18H15F2N5O/c1-9(2)25-16-12-6-11(10-4-5-15(20)21-8-10)13(19)7-14(12)22-23-17(16)24(3)18(25)26/h4-9H,1-3H3. The molecule has 0 aliphatic rings. The number of halogens is 2. The quantitative estimate of drug-likeness (QED) is 0.518. The van der Waals surface area contributed by atoms with Gasteiger partial charge in [-0.15, -0.1) is 10.2 Å². The van der Waals surface area contributed by atoms with E-state index in [1.54, 1.807) is 17.7 Å². The molecule has 1 aromatic carbocycles. The topological polar surface area (TPSA) is 65.6 Å². The Bertz CT molecular complexity index is 1210. The molecule has 4 aromatic rings. The van der Waals surface area contributed by atoms with Gasteiger partial charge in [0.2, 0.25) is 5.95 Å². The highest BCUT2D eigenvalue weighted by Crippen LogP contribution is 2.30. The number of hydrogen-bond donors (Lipinski definition) is 0. The molecule has 3 heterocycles. The number of aryl methyl sites for hydroxylation is 1. The first-order chi connectivity index (χ1) is 12.4. The van der Waals surface area contributed by atoms with E-state index in [1.165, 1.54) is 29.0 Å². The van der Waals surface area contributed by atoms with Crippen LogP contribution in [0.1, 0.15) is 19.9 Å². The lowest BCUT2D eigenvalue weighted by Gasteiger charge is -2.10. The normalized spacial score (nSPS) is 11.8. The van der Waals surface area contributed by atoms with E-state index in [-0.39, 0.29) is 17.3 Å². The van der Waals surface area contributed by atoms with Crippen molar-refractivity contribution in [1.29, 1.82) is 0 Å². The van der Waals surface area contributed by atoms with Gasteiger partial charge in [-0.3, -0.25) is 9.13 Å². The number of pyridine rings is 1. The summed E-state index contributed by atoms with van der Waals surface area (Å²) in [6.07, 6.45) is 1.27. The van der Waals surface area contributed by atoms with Gasteiger partial charge in [0.25, 0.3) is 0 Å². The highest BCUT2D eigenvalue weighted by Gasteiger charge is 2.19. The monoisotopic (exact) mass is 355 g/mol. The molecule has 26 heavy (non-hydrogen) atoms. The number of fused-ring (bicyclic) bond motifs is 3. The second-order valence-electron chi connectivity index (χ2n) is 6.40. The van der Waals surface area contributed by atoms with E-state index in [2.05, 4.69) is 15.2 Å². The second kappa shape index (κ2) is 5.69. The predicted molar refractivity (Wildman–Crippen MR) is 93.8 cm³/mol. The van der Waals surface area contributed by atoms with Crippen LogP contribution < -0.4 is 5.69 Å². The first-order valence-electron chi connectivity index (χ1n) is 8.07. The third-order valence-corrected chi connectivity index (χ3v) is 4.41. The van der Waals surface area contributed by atoms with E-state index in [0.717, 1.165) is 0 Å². The van der Waals surface area contributed by atoms with E-state index in [0.29, 0.717) is 27.6 Å². The van der Waals surface area contributed by atoms with Crippen LogP contribution in [0.15, 0.2) is 35.3 Å². The number of hydrogen-bond acceptors (Lipinski definition) is 4. The van der Waals surface area contributed by atoms with Gasteiger partial charge in [-0.2, -0.15) is 4.39 Å². The minimum Gasteiger partial charge on any atom is -0.287 e. The minimum absolute atomic E-state index is 0.111. The summed E-state index contributed by atoms with van der Waals surface area (Å²) in [4.78, 5) is 16.1. The molecule has 0 radical (unpaired) electrons. The molecule has 132 valence electrons. The first-order valence-corrected chi connectivity index (χ1v) is 8.07. The van der Waals surface area contributed by atoms with Gasteiger partial charge in [0, 0.05) is 41.9 Å². The van der Waals surface area contributed by atoms with Crippen molar-refractivity contribution in [1.82, 2.24) is 24.3 Å².